The molecule has 0 aromatic heterocycles. The van der Waals surface area contributed by atoms with Crippen LogP contribution < -0.4 is 0 Å². The van der Waals surface area contributed by atoms with Crippen LogP contribution in [0.5, 0.6) is 0 Å². The van der Waals surface area contributed by atoms with Crippen LogP contribution in [0.2, 0.25) is 0 Å². The maximum Gasteiger partial charge on any atom is 0.0625 e. The molecule has 9 saturated carbocycles. The maximum atomic E-state index is 7.08. The molecule has 0 N–H and O–H groups in total. The normalized spacial score (nSPS) is 53.5. The Bertz CT molecular complexity index is 1370. The molecule has 0 aromatic carbocycles. The van der Waals surface area contributed by atoms with E-state index in [1.807, 2.05) is 0 Å². The third kappa shape index (κ3) is 7.31. The summed E-state index contributed by atoms with van der Waals surface area (Å²) in [6.45, 7) is 0. The minimum Gasteiger partial charge on any atom is -0.374 e. The SMILES string of the molecule is C1CCC(C2CCCC(C3CCC(N(C4CCC(C5CCCC6C7CCC8OC9CCCCC9C8C7SC56)CC4)C4CCCC5OC6CCCCC6C54)CC3)C2)CC1. The lowest BCUT2D eigenvalue weighted by atomic mass is 9.62. The molecule has 16 atom stereocenters. The molecule has 3 nitrogen and oxygen atoms in total. The van der Waals surface area contributed by atoms with E-state index < -0.39 is 0 Å². The Labute approximate surface area is 360 Å². The Hall–Kier alpha value is 0.230. The molecular weight excluding hydrogens is 727 g/mol. The molecule has 16 unspecified atom stereocenters. The van der Waals surface area contributed by atoms with Crippen LogP contribution in [0.4, 0.5) is 0 Å². The first-order valence-electron chi connectivity index (χ1n) is 27.5. The van der Waals surface area contributed by atoms with E-state index in [1.54, 1.807) is 77.0 Å². The third-order valence-corrected chi connectivity index (χ3v) is 23.9. The van der Waals surface area contributed by atoms with Gasteiger partial charge in [-0.1, -0.05) is 83.5 Å². The maximum absolute atomic E-state index is 7.08. The Kier molecular flexibility index (Phi) is 11.9. The van der Waals surface area contributed by atoms with Gasteiger partial charge in [-0.15, -0.1) is 0 Å². The predicted molar refractivity (Wildman–Crippen MR) is 240 cm³/mol. The van der Waals surface area contributed by atoms with Gasteiger partial charge in [0.1, 0.15) is 0 Å². The summed E-state index contributed by atoms with van der Waals surface area (Å²) in [6.07, 6.45) is 52.0. The lowest BCUT2D eigenvalue weighted by molar-refractivity contribution is -0.0531. The number of hydrogen-bond donors (Lipinski definition) is 0. The quantitative estimate of drug-likeness (QED) is 0.266. The number of rotatable bonds is 6. The van der Waals surface area contributed by atoms with Crippen LogP contribution in [0, 0.1) is 71.0 Å². The highest BCUT2D eigenvalue weighted by atomic mass is 32.2. The standard InChI is InChI=1S/C54H87NO2S/c1-2-11-34(12-3-1)37-13-8-14-38(33-37)35-23-27-39(28-24-35)55(46-19-10-22-49-51(46)44-15-4-6-20-47(44)56-49)40-29-25-36(26-30-40)41-17-9-18-42-43-31-32-50-52(54(43)58-53(41)42)45-16-5-7-21-48(45)57-50/h34-54H,1-33H2. The minimum absolute atomic E-state index is 0.580. The highest BCUT2D eigenvalue weighted by molar-refractivity contribution is 8.00. The van der Waals surface area contributed by atoms with E-state index in [1.165, 1.54) is 135 Å². The Morgan fingerprint density at radius 3 is 1.53 bits per heavy atom. The first-order valence-corrected chi connectivity index (χ1v) is 28.4. The van der Waals surface area contributed by atoms with Crippen LogP contribution in [0.15, 0.2) is 0 Å². The minimum atomic E-state index is 0.580. The first-order chi connectivity index (χ1) is 28.7. The van der Waals surface area contributed by atoms with E-state index in [2.05, 4.69) is 16.7 Å². The predicted octanol–water partition coefficient (Wildman–Crippen LogP) is 13.8. The van der Waals surface area contributed by atoms with E-state index in [0.29, 0.717) is 24.4 Å². The molecule has 326 valence electrons. The molecule has 0 aromatic rings. The molecule has 58 heavy (non-hydrogen) atoms. The number of nitrogens with zero attached hydrogens (tertiary/aromatic N) is 1. The molecule has 3 aliphatic heterocycles. The summed E-state index contributed by atoms with van der Waals surface area (Å²) >= 11 is 2.60. The largest absolute Gasteiger partial charge is 0.374 e. The van der Waals surface area contributed by atoms with Crippen molar-refractivity contribution >= 4 is 11.8 Å². The lowest BCUT2D eigenvalue weighted by Crippen LogP contribution is -2.58. The second-order valence-corrected chi connectivity index (χ2v) is 25.6. The zero-order valence-corrected chi connectivity index (χ0v) is 37.9. The summed E-state index contributed by atoms with van der Waals surface area (Å²) in [4.78, 5) is 3.40. The topological polar surface area (TPSA) is 21.7 Å². The second-order valence-electron chi connectivity index (χ2n) is 24.2. The van der Waals surface area contributed by atoms with Crippen molar-refractivity contribution in [1.82, 2.24) is 4.90 Å². The lowest BCUT2D eigenvalue weighted by Gasteiger charge is -2.53. The van der Waals surface area contributed by atoms with Crippen molar-refractivity contribution in [3.63, 3.8) is 0 Å². The average molecular weight is 814 g/mol. The van der Waals surface area contributed by atoms with E-state index in [4.69, 9.17) is 9.47 Å². The van der Waals surface area contributed by atoms with E-state index in [0.717, 1.165) is 99.6 Å². The van der Waals surface area contributed by atoms with Crippen LogP contribution in [-0.4, -0.2) is 57.9 Å². The van der Waals surface area contributed by atoms with Crippen molar-refractivity contribution in [2.45, 2.75) is 265 Å². The van der Waals surface area contributed by atoms with Crippen molar-refractivity contribution < 1.29 is 9.47 Å². The fraction of sp³-hybridized carbons (Fsp3) is 1.00. The fourth-order valence-corrected chi connectivity index (χ4v) is 22.1. The number of ether oxygens (including phenoxy) is 2. The highest BCUT2D eigenvalue weighted by Gasteiger charge is 2.60. The number of thioether (sulfide) groups is 1. The summed E-state index contributed by atoms with van der Waals surface area (Å²) in [5, 5.41) is 1.92. The van der Waals surface area contributed by atoms with Gasteiger partial charge >= 0.3 is 0 Å². The molecule has 0 spiro atoms. The van der Waals surface area contributed by atoms with Crippen LogP contribution in [0.25, 0.3) is 0 Å². The third-order valence-electron chi connectivity index (χ3n) is 21.9. The zero-order valence-electron chi connectivity index (χ0n) is 37.1. The summed E-state index contributed by atoms with van der Waals surface area (Å²) in [5.74, 6) is 11.9. The summed E-state index contributed by atoms with van der Waals surface area (Å²) in [5.41, 5.74) is 0. The first kappa shape index (κ1) is 39.8. The van der Waals surface area contributed by atoms with Crippen LogP contribution in [0.3, 0.4) is 0 Å². The monoisotopic (exact) mass is 814 g/mol. The van der Waals surface area contributed by atoms with Crippen LogP contribution >= 0.6 is 11.8 Å². The molecule has 4 heteroatoms. The van der Waals surface area contributed by atoms with Crippen molar-refractivity contribution in [3.05, 3.63) is 0 Å². The van der Waals surface area contributed by atoms with Gasteiger partial charge in [0, 0.05) is 40.5 Å². The molecule has 12 aliphatic rings. The zero-order chi connectivity index (χ0) is 38.2. The fourth-order valence-electron chi connectivity index (χ4n) is 19.5. The van der Waals surface area contributed by atoms with Gasteiger partial charge in [-0.3, -0.25) is 4.90 Å². The average Bonchev–Trinajstić information content (AvgIpc) is 3.99. The molecule has 0 bridgehead atoms. The van der Waals surface area contributed by atoms with Gasteiger partial charge in [-0.25, -0.2) is 0 Å². The summed E-state index contributed by atoms with van der Waals surface area (Å²) in [6, 6.07) is 2.53. The van der Waals surface area contributed by atoms with Gasteiger partial charge in [0.25, 0.3) is 0 Å². The van der Waals surface area contributed by atoms with Gasteiger partial charge in [-0.2, -0.15) is 11.8 Å². The Morgan fingerprint density at radius 1 is 0.310 bits per heavy atom. The van der Waals surface area contributed by atoms with Gasteiger partial charge in [0.15, 0.2) is 0 Å². The molecule has 12 rings (SSSR count). The smallest absolute Gasteiger partial charge is 0.0625 e. The molecule has 12 fully saturated rings. The Morgan fingerprint density at radius 2 is 0.810 bits per heavy atom. The van der Waals surface area contributed by atoms with Crippen molar-refractivity contribution in [2.24, 2.45) is 71.0 Å². The van der Waals surface area contributed by atoms with Crippen molar-refractivity contribution in [1.29, 1.82) is 0 Å². The molecule has 0 amide bonds. The number of fused-ring (bicyclic) bond motifs is 10. The van der Waals surface area contributed by atoms with Crippen molar-refractivity contribution in [3.8, 4) is 0 Å². The molecule has 3 saturated heterocycles. The van der Waals surface area contributed by atoms with Crippen LogP contribution in [0.1, 0.15) is 212 Å². The summed E-state index contributed by atoms with van der Waals surface area (Å²) in [7, 11) is 0. The van der Waals surface area contributed by atoms with Gasteiger partial charge in [0.05, 0.1) is 24.4 Å². The number of hydrogen-bond acceptors (Lipinski definition) is 4. The van der Waals surface area contributed by atoms with E-state index in [-0.39, 0.29) is 0 Å². The van der Waals surface area contributed by atoms with Gasteiger partial charge < -0.3 is 9.47 Å². The van der Waals surface area contributed by atoms with E-state index in [9.17, 15) is 0 Å². The summed E-state index contributed by atoms with van der Waals surface area (Å²) < 4.78 is 14.0. The van der Waals surface area contributed by atoms with Gasteiger partial charge in [-0.05, 0) is 188 Å². The van der Waals surface area contributed by atoms with Gasteiger partial charge in [0.2, 0.25) is 0 Å². The molecule has 0 radical (unpaired) electrons. The highest BCUT2D eigenvalue weighted by Crippen LogP contribution is 2.64. The molecule has 3 heterocycles. The van der Waals surface area contributed by atoms with Crippen molar-refractivity contribution in [2.75, 3.05) is 0 Å². The Balaban J connectivity index is 0.742. The molecule has 9 aliphatic carbocycles. The second kappa shape index (κ2) is 17.3. The van der Waals surface area contributed by atoms with Crippen LogP contribution in [-0.2, 0) is 9.47 Å². The molecular formula is C54H87NO2S. The van der Waals surface area contributed by atoms with E-state index >= 15 is 0 Å².